The number of fused-ring (bicyclic) bond motifs is 1. The number of phosphoric ester groups is 1. The Balaban J connectivity index is 0.000000201. The molecule has 0 spiro atoms. The Hall–Kier alpha value is -2.44. The number of nitrogens with two attached hydrogens (primary N) is 1. The fraction of sp³-hybridized carbons (Fsp3) is 0.526. The molecule has 0 radical (unpaired) electrons. The van der Waals surface area contributed by atoms with E-state index in [-0.39, 0.29) is 30.0 Å². The van der Waals surface area contributed by atoms with Crippen molar-refractivity contribution in [2.45, 2.75) is 49.4 Å². The maximum atomic E-state index is 13.3. The number of aromatic nitrogens is 6. The van der Waals surface area contributed by atoms with E-state index in [0.717, 1.165) is 10.9 Å². The van der Waals surface area contributed by atoms with Crippen LogP contribution in [0, 0.1) is 9.65 Å². The summed E-state index contributed by atoms with van der Waals surface area (Å²) < 4.78 is 41.7. The smallest absolute Gasteiger partial charge is 0.394 e. The molecule has 3 aromatic heterocycles. The molecule has 226 valence electrons. The second-order valence-electron chi connectivity index (χ2n) is 8.79. The number of hydrogen-bond donors (Lipinski definition) is 8. The molecule has 22 heteroatoms. The van der Waals surface area contributed by atoms with Crippen molar-refractivity contribution in [3.05, 3.63) is 43.0 Å². The number of H-pyrrole nitrogens is 1. The Morgan fingerprint density at radius 2 is 1.88 bits per heavy atom. The van der Waals surface area contributed by atoms with Crippen molar-refractivity contribution in [1.29, 1.82) is 0 Å². The number of imidazole rings is 1. The number of aromatic amines is 1. The van der Waals surface area contributed by atoms with Crippen molar-refractivity contribution in [3.63, 3.8) is 0 Å². The third-order valence-electron chi connectivity index (χ3n) is 6.06. The van der Waals surface area contributed by atoms with Crippen molar-refractivity contribution < 1.29 is 53.2 Å². The number of rotatable bonds is 6. The maximum Gasteiger partial charge on any atom is 0.469 e. The molecular weight excluding hydrogens is 695 g/mol. The number of nitrogens with zero attached hydrogens (tertiary/aromatic N) is 5. The molecule has 41 heavy (non-hydrogen) atoms. The van der Waals surface area contributed by atoms with Crippen LogP contribution in [-0.2, 0) is 18.6 Å². The van der Waals surface area contributed by atoms with E-state index in [1.807, 2.05) is 0 Å². The molecule has 19 nitrogen and oxygen atoms in total. The summed E-state index contributed by atoms with van der Waals surface area (Å²) >= 11 is 1.80. The van der Waals surface area contributed by atoms with Gasteiger partial charge in [-0.3, -0.25) is 23.4 Å². The van der Waals surface area contributed by atoms with Crippen LogP contribution in [0.2, 0.25) is 0 Å². The molecule has 5 rings (SSSR count). The van der Waals surface area contributed by atoms with Crippen LogP contribution >= 0.6 is 30.4 Å². The first kappa shape index (κ1) is 31.5. The Morgan fingerprint density at radius 3 is 2.51 bits per heavy atom. The van der Waals surface area contributed by atoms with Gasteiger partial charge in [0.15, 0.2) is 23.2 Å². The van der Waals surface area contributed by atoms with Crippen molar-refractivity contribution >= 4 is 47.4 Å². The van der Waals surface area contributed by atoms with Gasteiger partial charge in [-0.1, -0.05) is 0 Å². The predicted molar refractivity (Wildman–Crippen MR) is 139 cm³/mol. The molecule has 2 aliphatic heterocycles. The van der Waals surface area contributed by atoms with Crippen LogP contribution in [0.1, 0.15) is 18.9 Å². The number of phosphoric acid groups is 1. The first-order valence-corrected chi connectivity index (χ1v) is 14.1. The quantitative estimate of drug-likeness (QED) is 0.0718. The van der Waals surface area contributed by atoms with Gasteiger partial charge in [0.05, 0.1) is 29.2 Å². The monoisotopic (exact) mass is 719 g/mol. The fourth-order valence-corrected chi connectivity index (χ4v) is 4.87. The molecule has 2 saturated heterocycles. The number of nitrogen functional groups attached to an aromatic ring is 1. The van der Waals surface area contributed by atoms with E-state index in [1.165, 1.54) is 10.8 Å². The topological polar surface area (TPSA) is 291 Å². The number of anilines is 1. The summed E-state index contributed by atoms with van der Waals surface area (Å²) in [6.07, 6.45) is -6.07. The van der Waals surface area contributed by atoms with Gasteiger partial charge in [0.25, 0.3) is 5.56 Å². The minimum atomic E-state index is -4.78. The van der Waals surface area contributed by atoms with Gasteiger partial charge < -0.3 is 45.4 Å². The van der Waals surface area contributed by atoms with Gasteiger partial charge in [-0.2, -0.15) is 14.4 Å². The van der Waals surface area contributed by atoms with Crippen molar-refractivity contribution in [3.8, 4) is 0 Å². The zero-order valence-corrected chi connectivity index (χ0v) is 23.5. The standard InChI is InChI=1S/C10H13FN5O7P.C9H11IN2O5/c11-10-14-7(12)4-8(15-10)16(2-13-4)9-6(18)5(17)3(23-9)1-22-24(19,20)21;10-4-2-12(9(16)11-8(4)15)7-1-5(14)6(3-13)17-7/h2-3,5-6,9,17-18H,1H2,(H2,12,14,15)(H2,19,20,21);2,5-7,13-14H,1,3H2,(H,11,15,16)/t3-,5-,6+,9-;5-,6+,7?/m10/s1. The van der Waals surface area contributed by atoms with Crippen LogP contribution in [0.3, 0.4) is 0 Å². The van der Waals surface area contributed by atoms with Crippen LogP contribution in [0.4, 0.5) is 10.2 Å². The molecular formula is C19H24FIN7O12P. The first-order valence-electron chi connectivity index (χ1n) is 11.5. The van der Waals surface area contributed by atoms with E-state index < -0.39 is 74.7 Å². The third kappa shape index (κ3) is 6.97. The summed E-state index contributed by atoms with van der Waals surface area (Å²) in [5.74, 6) is -0.217. The lowest BCUT2D eigenvalue weighted by molar-refractivity contribution is -0.0504. The summed E-state index contributed by atoms with van der Waals surface area (Å²) in [6, 6.07) is 0. The molecule has 0 saturated carbocycles. The van der Waals surface area contributed by atoms with Gasteiger partial charge in [-0.25, -0.2) is 14.3 Å². The number of aliphatic hydroxyl groups is 4. The van der Waals surface area contributed by atoms with E-state index >= 15 is 0 Å². The minimum absolute atomic E-state index is 0.0663. The molecule has 9 N–H and O–H groups in total. The van der Waals surface area contributed by atoms with E-state index in [0.29, 0.717) is 3.57 Å². The van der Waals surface area contributed by atoms with Gasteiger partial charge in [0.1, 0.15) is 30.6 Å². The number of nitrogens with one attached hydrogen (secondary N) is 1. The normalized spacial score (nSPS) is 28.1. The Morgan fingerprint density at radius 1 is 1.17 bits per heavy atom. The highest BCUT2D eigenvalue weighted by molar-refractivity contribution is 14.1. The van der Waals surface area contributed by atoms with Crippen LogP contribution < -0.4 is 17.0 Å². The van der Waals surface area contributed by atoms with Gasteiger partial charge >= 0.3 is 19.6 Å². The fourth-order valence-electron chi connectivity index (χ4n) is 4.09. The SMILES string of the molecule is Nc1nc(F)nc2c1ncn2[C@@H]1O[C@H](COP(=O)(O)O)[C@@H](O)[C@@H]1O.O=c1[nH]c(=O)n(C2C[C@H](O)[C@@H](CO)O2)cc1I. The Kier molecular flexibility index (Phi) is 9.55. The Bertz CT molecular complexity index is 1570. The largest absolute Gasteiger partial charge is 0.469 e. The summed E-state index contributed by atoms with van der Waals surface area (Å²) in [5.41, 5.74) is 4.47. The molecule has 5 heterocycles. The summed E-state index contributed by atoms with van der Waals surface area (Å²) in [6.45, 7) is -0.982. The lowest BCUT2D eigenvalue weighted by Crippen LogP contribution is -2.33. The van der Waals surface area contributed by atoms with Gasteiger partial charge in [0.2, 0.25) is 0 Å². The average Bonchev–Trinajstić information content (AvgIpc) is 3.56. The molecule has 7 atom stereocenters. The average molecular weight is 719 g/mol. The summed E-state index contributed by atoms with van der Waals surface area (Å²) in [5, 5.41) is 38.5. The second kappa shape index (κ2) is 12.4. The van der Waals surface area contributed by atoms with Crippen molar-refractivity contribution in [2.75, 3.05) is 18.9 Å². The van der Waals surface area contributed by atoms with Gasteiger partial charge in [-0.15, -0.1) is 0 Å². The molecule has 1 unspecified atom stereocenters. The molecule has 0 aromatic carbocycles. The zero-order chi connectivity index (χ0) is 30.2. The lowest BCUT2D eigenvalue weighted by Gasteiger charge is -2.16. The molecule has 3 aromatic rings. The second-order valence-corrected chi connectivity index (χ2v) is 11.2. The first-order chi connectivity index (χ1) is 19.2. The van der Waals surface area contributed by atoms with E-state index in [2.05, 4.69) is 24.5 Å². The van der Waals surface area contributed by atoms with Gasteiger partial charge in [-0.05, 0) is 22.6 Å². The van der Waals surface area contributed by atoms with Crippen molar-refractivity contribution in [1.82, 2.24) is 29.1 Å². The van der Waals surface area contributed by atoms with Crippen LogP contribution in [-0.4, -0.2) is 103 Å². The molecule has 2 aliphatic rings. The number of aliphatic hydroxyl groups excluding tert-OH is 4. The van der Waals surface area contributed by atoms with Gasteiger partial charge in [0, 0.05) is 12.6 Å². The summed E-state index contributed by atoms with van der Waals surface area (Å²) in [4.78, 5) is 53.0. The van der Waals surface area contributed by atoms with Crippen LogP contribution in [0.25, 0.3) is 11.2 Å². The molecule has 0 amide bonds. The number of ether oxygens (including phenoxy) is 2. The lowest BCUT2D eigenvalue weighted by atomic mass is 10.1. The molecule has 2 fully saturated rings. The van der Waals surface area contributed by atoms with Crippen LogP contribution in [0.5, 0.6) is 0 Å². The molecule has 0 bridgehead atoms. The third-order valence-corrected chi connectivity index (χ3v) is 7.31. The minimum Gasteiger partial charge on any atom is -0.394 e. The summed E-state index contributed by atoms with van der Waals surface area (Å²) in [7, 11) is -4.78. The maximum absolute atomic E-state index is 13.3. The van der Waals surface area contributed by atoms with Crippen molar-refractivity contribution in [2.24, 2.45) is 0 Å². The number of hydrogen-bond acceptors (Lipinski definition) is 14. The predicted octanol–water partition coefficient (Wildman–Crippen LogP) is -2.94. The molecule has 0 aliphatic carbocycles. The van der Waals surface area contributed by atoms with E-state index in [1.54, 1.807) is 22.6 Å². The highest BCUT2D eigenvalue weighted by Crippen LogP contribution is 2.39. The van der Waals surface area contributed by atoms with Crippen LogP contribution in [0.15, 0.2) is 22.1 Å². The van der Waals surface area contributed by atoms with E-state index in [9.17, 15) is 33.9 Å². The Labute approximate surface area is 240 Å². The highest BCUT2D eigenvalue weighted by Gasteiger charge is 2.45. The highest BCUT2D eigenvalue weighted by atomic mass is 127. The zero-order valence-electron chi connectivity index (χ0n) is 20.5. The van der Waals surface area contributed by atoms with E-state index in [4.69, 9.17) is 30.1 Å². The number of halogens is 2.